The van der Waals surface area contributed by atoms with Gasteiger partial charge in [0.25, 0.3) is 0 Å². The van der Waals surface area contributed by atoms with Gasteiger partial charge in [-0.3, -0.25) is 4.79 Å². The van der Waals surface area contributed by atoms with Crippen molar-refractivity contribution in [3.05, 3.63) is 82.4 Å². The van der Waals surface area contributed by atoms with E-state index in [9.17, 15) is 9.18 Å². The van der Waals surface area contributed by atoms with E-state index < -0.39 is 0 Å². The lowest BCUT2D eigenvalue weighted by Crippen LogP contribution is -2.05. The molecule has 1 heterocycles. The third kappa shape index (κ3) is 3.75. The van der Waals surface area contributed by atoms with Crippen molar-refractivity contribution in [1.82, 2.24) is 4.57 Å². The number of Topliss-reactive ketones (excluding diaryl/α,β-unsaturated/α-hetero) is 1. The maximum absolute atomic E-state index is 13.2. The molecule has 4 heteroatoms. The molecule has 3 rings (SSSR count). The Morgan fingerprint density at radius 1 is 1.00 bits per heavy atom. The predicted octanol–water partition coefficient (Wildman–Crippen LogP) is 5.83. The van der Waals surface area contributed by atoms with E-state index in [2.05, 4.69) is 32.0 Å². The van der Waals surface area contributed by atoms with E-state index in [-0.39, 0.29) is 11.6 Å². The van der Waals surface area contributed by atoms with Crippen LogP contribution in [-0.4, -0.2) is 16.1 Å². The zero-order valence-electron chi connectivity index (χ0n) is 15.5. The Labute approximate surface area is 158 Å². The van der Waals surface area contributed by atoms with E-state index in [4.69, 9.17) is 0 Å². The summed E-state index contributed by atoms with van der Waals surface area (Å²) in [5.41, 5.74) is 5.83. The van der Waals surface area contributed by atoms with Crippen LogP contribution in [0.4, 0.5) is 4.39 Å². The molecule has 0 saturated heterocycles. The van der Waals surface area contributed by atoms with Crippen molar-refractivity contribution in [3.8, 4) is 5.69 Å². The maximum Gasteiger partial charge on any atom is 0.174 e. The lowest BCUT2D eigenvalue weighted by molar-refractivity contribution is 0.102. The highest BCUT2D eigenvalue weighted by Crippen LogP contribution is 2.27. The first kappa shape index (κ1) is 18.5. The van der Waals surface area contributed by atoms with Crippen LogP contribution in [0.1, 0.15) is 32.9 Å². The first-order valence-corrected chi connectivity index (χ1v) is 9.53. The molecule has 0 bridgehead atoms. The molecule has 2 nitrogen and oxygen atoms in total. The zero-order valence-corrected chi connectivity index (χ0v) is 16.3. The molecule has 0 fully saturated rings. The van der Waals surface area contributed by atoms with Crippen molar-refractivity contribution in [3.63, 3.8) is 0 Å². The third-order valence-electron chi connectivity index (χ3n) is 4.52. The summed E-state index contributed by atoms with van der Waals surface area (Å²) in [4.78, 5) is 13.9. The number of carbonyl (C=O) groups is 1. The fourth-order valence-corrected chi connectivity index (χ4v) is 4.12. The van der Waals surface area contributed by atoms with Gasteiger partial charge in [0.15, 0.2) is 5.78 Å². The zero-order chi connectivity index (χ0) is 18.8. The van der Waals surface area contributed by atoms with E-state index in [1.807, 2.05) is 24.5 Å². The van der Waals surface area contributed by atoms with Crippen LogP contribution in [-0.2, 0) is 0 Å². The lowest BCUT2D eigenvalue weighted by atomic mass is 10.2. The fourth-order valence-electron chi connectivity index (χ4n) is 3.12. The van der Waals surface area contributed by atoms with E-state index in [1.54, 1.807) is 23.9 Å². The van der Waals surface area contributed by atoms with Crippen LogP contribution in [0.5, 0.6) is 0 Å². The van der Waals surface area contributed by atoms with Gasteiger partial charge in [-0.2, -0.15) is 0 Å². The van der Waals surface area contributed by atoms with Crippen LogP contribution >= 0.6 is 11.8 Å². The largest absolute Gasteiger partial charge is 0.318 e. The van der Waals surface area contributed by atoms with Crippen LogP contribution in [0.3, 0.4) is 0 Å². The summed E-state index contributed by atoms with van der Waals surface area (Å²) < 4.78 is 15.2. The van der Waals surface area contributed by atoms with Crippen molar-refractivity contribution in [2.24, 2.45) is 0 Å². The van der Waals surface area contributed by atoms with E-state index >= 15 is 0 Å². The molecular formula is C22H22FNOS. The van der Waals surface area contributed by atoms with Crippen LogP contribution < -0.4 is 0 Å². The van der Waals surface area contributed by atoms with E-state index in [1.165, 1.54) is 23.3 Å². The number of hydrogen-bond acceptors (Lipinski definition) is 2. The summed E-state index contributed by atoms with van der Waals surface area (Å²) in [6.07, 6.45) is 0. The van der Waals surface area contributed by atoms with Gasteiger partial charge < -0.3 is 4.57 Å². The van der Waals surface area contributed by atoms with Gasteiger partial charge in [-0.1, -0.05) is 17.7 Å². The number of nitrogens with zero attached hydrogens (tertiary/aromatic N) is 1. The molecule has 0 aliphatic rings. The Bertz CT molecular complexity index is 957. The number of rotatable bonds is 5. The molecule has 26 heavy (non-hydrogen) atoms. The topological polar surface area (TPSA) is 22.0 Å². The highest BCUT2D eigenvalue weighted by atomic mass is 32.2. The molecule has 0 spiro atoms. The molecule has 134 valence electrons. The normalized spacial score (nSPS) is 11.0. The van der Waals surface area contributed by atoms with Crippen LogP contribution in [0.25, 0.3) is 5.69 Å². The number of benzene rings is 2. The number of hydrogen-bond donors (Lipinski definition) is 0. The molecule has 3 aromatic rings. The second kappa shape index (κ2) is 7.50. The monoisotopic (exact) mass is 367 g/mol. The first-order valence-electron chi connectivity index (χ1n) is 8.55. The van der Waals surface area contributed by atoms with E-state index in [0.717, 1.165) is 27.5 Å². The number of halogens is 1. The second-order valence-electron chi connectivity index (χ2n) is 6.58. The minimum Gasteiger partial charge on any atom is -0.318 e. The summed E-state index contributed by atoms with van der Waals surface area (Å²) in [6, 6.07) is 14.5. The smallest absolute Gasteiger partial charge is 0.174 e. The predicted molar refractivity (Wildman–Crippen MR) is 106 cm³/mol. The number of ketones is 1. The number of thioether (sulfide) groups is 1. The van der Waals surface area contributed by atoms with Crippen LogP contribution in [0.15, 0.2) is 53.4 Å². The number of carbonyl (C=O) groups excluding carboxylic acids is 1. The molecule has 0 aliphatic carbocycles. The first-order chi connectivity index (χ1) is 12.4. The third-order valence-corrected chi connectivity index (χ3v) is 5.68. The Hall–Kier alpha value is -2.33. The summed E-state index contributed by atoms with van der Waals surface area (Å²) >= 11 is 1.58. The standard InChI is InChI=1S/C22H22FNOS/c1-14-5-6-15(2)22(11-14)26-13-21(25)20-12-16(3)24(17(20)4)19-9-7-18(23)8-10-19/h5-12H,13H2,1-4H3. The highest BCUT2D eigenvalue weighted by Gasteiger charge is 2.17. The average molecular weight is 367 g/mol. The molecular weight excluding hydrogens is 345 g/mol. The lowest BCUT2D eigenvalue weighted by Gasteiger charge is -2.10. The van der Waals surface area contributed by atoms with Gasteiger partial charge in [0.2, 0.25) is 0 Å². The minimum atomic E-state index is -0.266. The second-order valence-corrected chi connectivity index (χ2v) is 7.59. The SMILES string of the molecule is Cc1ccc(C)c(SCC(=O)c2cc(C)n(-c3ccc(F)cc3)c2C)c1. The summed E-state index contributed by atoms with van der Waals surface area (Å²) in [5.74, 6) is 0.243. The van der Waals surface area contributed by atoms with Gasteiger partial charge in [0.05, 0.1) is 5.75 Å². The van der Waals surface area contributed by atoms with Crippen molar-refractivity contribution in [1.29, 1.82) is 0 Å². The average Bonchev–Trinajstić information content (AvgIpc) is 2.91. The van der Waals surface area contributed by atoms with Gasteiger partial charge >= 0.3 is 0 Å². The molecule has 0 saturated carbocycles. The molecule has 1 aromatic heterocycles. The van der Waals surface area contributed by atoms with Gasteiger partial charge in [-0.05, 0) is 69.7 Å². The van der Waals surface area contributed by atoms with Crippen LogP contribution in [0.2, 0.25) is 0 Å². The van der Waals surface area contributed by atoms with Crippen molar-refractivity contribution in [2.45, 2.75) is 32.6 Å². The molecule has 0 aliphatic heterocycles. The number of aromatic nitrogens is 1. The molecule has 0 amide bonds. The van der Waals surface area contributed by atoms with Crippen molar-refractivity contribution in [2.75, 3.05) is 5.75 Å². The summed E-state index contributed by atoms with van der Waals surface area (Å²) in [5, 5.41) is 0. The van der Waals surface area contributed by atoms with E-state index in [0.29, 0.717) is 5.75 Å². The maximum atomic E-state index is 13.2. The molecule has 2 aromatic carbocycles. The Morgan fingerprint density at radius 3 is 2.38 bits per heavy atom. The Kier molecular flexibility index (Phi) is 5.33. The van der Waals surface area contributed by atoms with Crippen LogP contribution in [0, 0.1) is 33.5 Å². The van der Waals surface area contributed by atoms with Gasteiger partial charge in [-0.15, -0.1) is 11.8 Å². The highest BCUT2D eigenvalue weighted by molar-refractivity contribution is 8.00. The van der Waals surface area contributed by atoms with Gasteiger partial charge in [0.1, 0.15) is 5.82 Å². The van der Waals surface area contributed by atoms with Crippen molar-refractivity contribution >= 4 is 17.5 Å². The van der Waals surface area contributed by atoms with Gasteiger partial charge in [-0.25, -0.2) is 4.39 Å². The molecule has 0 unspecified atom stereocenters. The van der Waals surface area contributed by atoms with Crippen molar-refractivity contribution < 1.29 is 9.18 Å². The number of aryl methyl sites for hydroxylation is 3. The molecule has 0 radical (unpaired) electrons. The summed E-state index contributed by atoms with van der Waals surface area (Å²) in [7, 11) is 0. The molecule has 0 atom stereocenters. The Morgan fingerprint density at radius 2 is 1.69 bits per heavy atom. The fraction of sp³-hybridized carbons (Fsp3) is 0.227. The minimum absolute atomic E-state index is 0.109. The Balaban J connectivity index is 1.83. The van der Waals surface area contributed by atoms with Gasteiger partial charge in [0, 0.05) is 27.5 Å². The quantitative estimate of drug-likeness (QED) is 0.418. The molecule has 0 N–H and O–H groups in total. The summed E-state index contributed by atoms with van der Waals surface area (Å²) in [6.45, 7) is 8.02.